The van der Waals surface area contributed by atoms with Gasteiger partial charge < -0.3 is 5.32 Å². The molecule has 0 aliphatic carbocycles. The average Bonchev–Trinajstić information content (AvgIpc) is 2.83. The number of hydrogen-bond donors (Lipinski definition) is 1. The lowest BCUT2D eigenvalue weighted by Crippen LogP contribution is -2.30. The summed E-state index contributed by atoms with van der Waals surface area (Å²) < 4.78 is 0. The van der Waals surface area contributed by atoms with Gasteiger partial charge in [-0.25, -0.2) is 4.90 Å². The minimum Gasteiger partial charge on any atom is -0.327 e. The van der Waals surface area contributed by atoms with Gasteiger partial charge in [0.1, 0.15) is 11.4 Å². The summed E-state index contributed by atoms with van der Waals surface area (Å²) in [5.41, 5.74) is 2.15. The predicted octanol–water partition coefficient (Wildman–Crippen LogP) is 3.17. The summed E-state index contributed by atoms with van der Waals surface area (Å²) in [5, 5.41) is 14.2. The minimum atomic E-state index is -0.533. The van der Waals surface area contributed by atoms with Crippen molar-refractivity contribution in [3.63, 3.8) is 0 Å². The van der Waals surface area contributed by atoms with Crippen molar-refractivity contribution in [2.24, 2.45) is 0 Å². The van der Waals surface area contributed by atoms with Crippen molar-refractivity contribution in [3.8, 4) is 0 Å². The first kappa shape index (κ1) is 15.8. The monoisotopic (exact) mass is 339 g/mol. The van der Waals surface area contributed by atoms with Crippen molar-refractivity contribution < 1.29 is 9.72 Å². The summed E-state index contributed by atoms with van der Waals surface area (Å²) in [4.78, 5) is 24.5. The predicted molar refractivity (Wildman–Crippen MR) is 95.5 cm³/mol. The Kier molecular flexibility index (Phi) is 4.09. The molecule has 0 atom stereocenters. The number of rotatable bonds is 3. The van der Waals surface area contributed by atoms with E-state index in [1.807, 2.05) is 31.2 Å². The Morgan fingerprint density at radius 3 is 2.54 bits per heavy atom. The second-order valence-corrected chi connectivity index (χ2v) is 5.62. The van der Waals surface area contributed by atoms with E-state index >= 15 is 0 Å². The number of thiocarbonyl (C=S) groups is 1. The number of carbonyl (C=O) groups is 1. The van der Waals surface area contributed by atoms with E-state index in [0.29, 0.717) is 0 Å². The number of nitrogens with one attached hydrogen (secondary N) is 1. The number of para-hydroxylation sites is 2. The van der Waals surface area contributed by atoms with Crippen molar-refractivity contribution in [1.82, 2.24) is 5.32 Å². The molecular formula is C17H13N3O3S. The Balaban J connectivity index is 2.02. The van der Waals surface area contributed by atoms with E-state index in [1.165, 1.54) is 12.1 Å². The van der Waals surface area contributed by atoms with Crippen molar-refractivity contribution in [2.75, 3.05) is 4.90 Å². The topological polar surface area (TPSA) is 75.5 Å². The van der Waals surface area contributed by atoms with Gasteiger partial charge in [0, 0.05) is 6.07 Å². The number of nitrogens with zero attached hydrogens (tertiary/aromatic N) is 2. The van der Waals surface area contributed by atoms with E-state index in [2.05, 4.69) is 5.32 Å². The molecule has 7 heteroatoms. The lowest BCUT2D eigenvalue weighted by atomic mass is 10.1. The molecule has 0 aromatic heterocycles. The third kappa shape index (κ3) is 2.77. The zero-order valence-corrected chi connectivity index (χ0v) is 13.5. The van der Waals surface area contributed by atoms with Crippen LogP contribution < -0.4 is 10.2 Å². The van der Waals surface area contributed by atoms with Gasteiger partial charge in [-0.15, -0.1) is 0 Å². The molecule has 6 nitrogen and oxygen atoms in total. The van der Waals surface area contributed by atoms with Crippen LogP contribution in [0.1, 0.15) is 11.1 Å². The van der Waals surface area contributed by atoms with Gasteiger partial charge in [0.2, 0.25) is 0 Å². The van der Waals surface area contributed by atoms with Crippen molar-refractivity contribution in [2.45, 2.75) is 6.92 Å². The molecule has 2 aromatic rings. The summed E-state index contributed by atoms with van der Waals surface area (Å²) >= 11 is 5.20. The highest BCUT2D eigenvalue weighted by atomic mass is 32.1. The lowest BCUT2D eigenvalue weighted by molar-refractivity contribution is -0.384. The van der Waals surface area contributed by atoms with Crippen LogP contribution in [0.2, 0.25) is 0 Å². The quantitative estimate of drug-likeness (QED) is 0.402. The van der Waals surface area contributed by atoms with E-state index in [-0.39, 0.29) is 22.2 Å². The fourth-order valence-corrected chi connectivity index (χ4v) is 2.76. The molecule has 1 fully saturated rings. The fourth-order valence-electron chi connectivity index (χ4n) is 2.47. The van der Waals surface area contributed by atoms with E-state index in [4.69, 9.17) is 12.2 Å². The third-order valence-corrected chi connectivity index (χ3v) is 3.97. The smallest absolute Gasteiger partial charge is 0.293 e. The van der Waals surface area contributed by atoms with E-state index in [0.717, 1.165) is 16.0 Å². The maximum absolute atomic E-state index is 12.7. The Morgan fingerprint density at radius 2 is 1.83 bits per heavy atom. The molecule has 0 saturated carbocycles. The molecule has 1 heterocycles. The molecule has 1 aliphatic heterocycles. The number of anilines is 1. The van der Waals surface area contributed by atoms with Crippen LogP contribution in [0.5, 0.6) is 0 Å². The van der Waals surface area contributed by atoms with E-state index < -0.39 is 10.8 Å². The van der Waals surface area contributed by atoms with Crippen LogP contribution in [0.15, 0.2) is 54.2 Å². The second-order valence-electron chi connectivity index (χ2n) is 5.23. The van der Waals surface area contributed by atoms with Crippen LogP contribution in [0.4, 0.5) is 11.4 Å². The van der Waals surface area contributed by atoms with Crippen LogP contribution in [-0.4, -0.2) is 15.9 Å². The molecule has 1 aliphatic rings. The standard InChI is InChI=1S/C17H13N3O3S/c1-11-6-2-3-7-12(11)10-13-16(21)19(17(24)18-13)14-8-4-5-9-15(14)20(22)23/h2-10H,1H3,(H,18,24)/b13-10-. The first-order chi connectivity index (χ1) is 11.5. The molecule has 0 bridgehead atoms. The average molecular weight is 339 g/mol. The second kappa shape index (κ2) is 6.21. The molecule has 1 N–H and O–H groups in total. The SMILES string of the molecule is Cc1ccccc1/C=C1\NC(=S)N(c2ccccc2[N+](=O)[O-])C1=O. The van der Waals surface area contributed by atoms with E-state index in [1.54, 1.807) is 18.2 Å². The highest BCUT2D eigenvalue weighted by Gasteiger charge is 2.35. The number of benzene rings is 2. The molecule has 3 rings (SSSR count). The Labute approximate surface area is 143 Å². The number of aryl methyl sites for hydroxylation is 1. The summed E-state index contributed by atoms with van der Waals surface area (Å²) in [6, 6.07) is 13.6. The molecule has 0 spiro atoms. The summed E-state index contributed by atoms with van der Waals surface area (Å²) in [6.45, 7) is 1.93. The zero-order chi connectivity index (χ0) is 17.3. The van der Waals surface area contributed by atoms with E-state index in [9.17, 15) is 14.9 Å². The van der Waals surface area contributed by atoms with Gasteiger partial charge >= 0.3 is 0 Å². The Bertz CT molecular complexity index is 892. The van der Waals surface area contributed by atoms with Crippen LogP contribution in [-0.2, 0) is 4.79 Å². The Morgan fingerprint density at radius 1 is 1.17 bits per heavy atom. The number of hydrogen-bond acceptors (Lipinski definition) is 4. The third-order valence-electron chi connectivity index (χ3n) is 3.69. The Hall–Kier alpha value is -3.06. The molecular weight excluding hydrogens is 326 g/mol. The number of amides is 1. The van der Waals surface area contributed by atoms with Crippen LogP contribution in [0.25, 0.3) is 6.08 Å². The van der Waals surface area contributed by atoms with Crippen molar-refractivity contribution >= 4 is 40.7 Å². The largest absolute Gasteiger partial charge is 0.327 e. The van der Waals surface area contributed by atoms with Crippen LogP contribution in [0.3, 0.4) is 0 Å². The summed E-state index contributed by atoms with van der Waals surface area (Å²) in [6.07, 6.45) is 1.69. The van der Waals surface area contributed by atoms with Gasteiger partial charge in [0.15, 0.2) is 5.11 Å². The van der Waals surface area contributed by atoms with Gasteiger partial charge in [0.25, 0.3) is 11.6 Å². The number of nitro benzene ring substituents is 1. The number of carbonyl (C=O) groups excluding carboxylic acids is 1. The normalized spacial score (nSPS) is 15.7. The fraction of sp³-hybridized carbons (Fsp3) is 0.0588. The minimum absolute atomic E-state index is 0.120. The van der Waals surface area contributed by atoms with Gasteiger partial charge in [-0.2, -0.15) is 0 Å². The van der Waals surface area contributed by atoms with Crippen LogP contribution >= 0.6 is 12.2 Å². The first-order valence-electron chi connectivity index (χ1n) is 7.15. The molecule has 0 radical (unpaired) electrons. The summed E-state index contributed by atoms with van der Waals surface area (Å²) in [7, 11) is 0. The van der Waals surface area contributed by atoms with Crippen molar-refractivity contribution in [3.05, 3.63) is 75.5 Å². The number of nitro groups is 1. The molecule has 120 valence electrons. The van der Waals surface area contributed by atoms with Gasteiger partial charge in [-0.1, -0.05) is 36.4 Å². The molecule has 2 aromatic carbocycles. The highest BCUT2D eigenvalue weighted by Crippen LogP contribution is 2.31. The maximum Gasteiger partial charge on any atom is 0.293 e. The maximum atomic E-state index is 12.7. The molecule has 24 heavy (non-hydrogen) atoms. The first-order valence-corrected chi connectivity index (χ1v) is 7.56. The summed E-state index contributed by atoms with van der Waals surface area (Å²) in [5.74, 6) is -0.419. The molecule has 1 saturated heterocycles. The molecule has 1 amide bonds. The van der Waals surface area contributed by atoms with Gasteiger partial charge in [0.05, 0.1) is 4.92 Å². The van der Waals surface area contributed by atoms with Gasteiger partial charge in [-0.05, 0) is 42.4 Å². The van der Waals surface area contributed by atoms with Gasteiger partial charge in [-0.3, -0.25) is 14.9 Å². The molecule has 0 unspecified atom stereocenters. The lowest BCUT2D eigenvalue weighted by Gasteiger charge is -2.13. The van der Waals surface area contributed by atoms with Crippen molar-refractivity contribution in [1.29, 1.82) is 0 Å². The van der Waals surface area contributed by atoms with Crippen LogP contribution in [0, 0.1) is 17.0 Å². The highest BCUT2D eigenvalue weighted by molar-refractivity contribution is 7.80. The zero-order valence-electron chi connectivity index (χ0n) is 12.7.